The molecule has 1 amide bonds. The van der Waals surface area contributed by atoms with Gasteiger partial charge in [0.25, 0.3) is 5.91 Å². The van der Waals surface area contributed by atoms with Crippen molar-refractivity contribution in [1.29, 1.82) is 0 Å². The Balaban J connectivity index is 1.57. The van der Waals surface area contributed by atoms with Crippen LogP contribution in [0.3, 0.4) is 0 Å². The van der Waals surface area contributed by atoms with E-state index in [0.717, 1.165) is 32.9 Å². The number of halogens is 1. The Morgan fingerprint density at radius 3 is 2.62 bits per heavy atom. The summed E-state index contributed by atoms with van der Waals surface area (Å²) >= 11 is 7.46. The molecule has 4 rings (SSSR count). The molecule has 24 heavy (non-hydrogen) atoms. The molecule has 0 atom stereocenters. The van der Waals surface area contributed by atoms with Crippen molar-refractivity contribution >= 4 is 45.4 Å². The van der Waals surface area contributed by atoms with E-state index in [1.165, 1.54) is 11.3 Å². The number of benzene rings is 2. The van der Waals surface area contributed by atoms with Crippen LogP contribution in [0.15, 0.2) is 66.0 Å². The van der Waals surface area contributed by atoms with Crippen LogP contribution in [0.4, 0.5) is 5.69 Å². The van der Waals surface area contributed by atoms with Gasteiger partial charge in [0.15, 0.2) is 0 Å². The van der Waals surface area contributed by atoms with Crippen molar-refractivity contribution in [2.75, 3.05) is 5.32 Å². The molecule has 5 heteroatoms. The standard InChI is InChI=1S/C19H13ClN2OS/c20-14-5-8-16-13(10-14)11-17(22-16)12-3-6-15(7-4-12)21-19(23)18-2-1-9-24-18/h1-11,22H,(H,21,23). The second-order valence-corrected chi connectivity index (χ2v) is 6.81. The van der Waals surface area contributed by atoms with Crippen LogP contribution in [0.5, 0.6) is 0 Å². The average molecular weight is 353 g/mol. The minimum Gasteiger partial charge on any atom is -0.355 e. The summed E-state index contributed by atoms with van der Waals surface area (Å²) in [6, 6.07) is 19.3. The first-order valence-electron chi connectivity index (χ1n) is 7.43. The molecular weight excluding hydrogens is 340 g/mol. The highest BCUT2D eigenvalue weighted by Gasteiger charge is 2.08. The topological polar surface area (TPSA) is 44.9 Å². The first-order valence-corrected chi connectivity index (χ1v) is 8.68. The lowest BCUT2D eigenvalue weighted by Crippen LogP contribution is -2.09. The zero-order valence-corrected chi connectivity index (χ0v) is 14.1. The van der Waals surface area contributed by atoms with Crippen molar-refractivity contribution in [1.82, 2.24) is 4.98 Å². The third-order valence-electron chi connectivity index (χ3n) is 3.78. The van der Waals surface area contributed by atoms with Gasteiger partial charge in [0.05, 0.1) is 4.88 Å². The van der Waals surface area contributed by atoms with Crippen molar-refractivity contribution < 1.29 is 4.79 Å². The van der Waals surface area contributed by atoms with E-state index in [4.69, 9.17) is 11.6 Å². The van der Waals surface area contributed by atoms with Crippen molar-refractivity contribution in [2.45, 2.75) is 0 Å². The van der Waals surface area contributed by atoms with Crippen LogP contribution in [-0.2, 0) is 0 Å². The highest BCUT2D eigenvalue weighted by Crippen LogP contribution is 2.27. The number of hydrogen-bond acceptors (Lipinski definition) is 2. The van der Waals surface area contributed by atoms with Crippen LogP contribution < -0.4 is 5.32 Å². The Hall–Kier alpha value is -2.56. The van der Waals surface area contributed by atoms with Crippen molar-refractivity contribution in [3.05, 3.63) is 75.9 Å². The van der Waals surface area contributed by atoms with Crippen molar-refractivity contribution in [3.63, 3.8) is 0 Å². The Morgan fingerprint density at radius 2 is 1.88 bits per heavy atom. The molecule has 0 fully saturated rings. The Kier molecular flexibility index (Phi) is 3.84. The quantitative estimate of drug-likeness (QED) is 0.480. The normalized spacial score (nSPS) is 10.9. The maximum absolute atomic E-state index is 12.1. The van der Waals surface area contributed by atoms with E-state index < -0.39 is 0 Å². The molecule has 2 aromatic carbocycles. The summed E-state index contributed by atoms with van der Waals surface area (Å²) in [6.07, 6.45) is 0. The van der Waals surface area contributed by atoms with Crippen molar-refractivity contribution in [2.24, 2.45) is 0 Å². The van der Waals surface area contributed by atoms with Crippen LogP contribution in [0, 0.1) is 0 Å². The van der Waals surface area contributed by atoms with Crippen LogP contribution in [0.2, 0.25) is 5.02 Å². The number of amides is 1. The van der Waals surface area contributed by atoms with Crippen LogP contribution in [0.1, 0.15) is 9.67 Å². The van der Waals surface area contributed by atoms with E-state index >= 15 is 0 Å². The van der Waals surface area contributed by atoms with Gasteiger partial charge in [-0.15, -0.1) is 11.3 Å². The molecule has 0 aliphatic heterocycles. The van der Waals surface area contributed by atoms with Gasteiger partial charge in [-0.05, 0) is 53.4 Å². The zero-order valence-electron chi connectivity index (χ0n) is 12.5. The Bertz CT molecular complexity index is 1000. The number of thiophene rings is 1. The number of rotatable bonds is 3. The molecule has 0 saturated heterocycles. The van der Waals surface area contributed by atoms with Gasteiger partial charge < -0.3 is 10.3 Å². The number of aromatic nitrogens is 1. The number of carbonyl (C=O) groups excluding carboxylic acids is 1. The number of carbonyl (C=O) groups is 1. The highest BCUT2D eigenvalue weighted by molar-refractivity contribution is 7.12. The highest BCUT2D eigenvalue weighted by atomic mass is 35.5. The fourth-order valence-corrected chi connectivity index (χ4v) is 3.39. The van der Waals surface area contributed by atoms with Gasteiger partial charge >= 0.3 is 0 Å². The van der Waals surface area contributed by atoms with E-state index in [1.807, 2.05) is 60.0 Å². The molecule has 0 spiro atoms. The van der Waals surface area contributed by atoms with E-state index in [2.05, 4.69) is 16.4 Å². The van der Waals surface area contributed by atoms with E-state index in [1.54, 1.807) is 0 Å². The number of anilines is 1. The number of fused-ring (bicyclic) bond motifs is 1. The Labute approximate surface area is 147 Å². The molecule has 118 valence electrons. The smallest absolute Gasteiger partial charge is 0.265 e. The SMILES string of the molecule is O=C(Nc1ccc(-c2cc3cc(Cl)ccc3[nH]2)cc1)c1cccs1. The first-order chi connectivity index (χ1) is 11.7. The van der Waals surface area contributed by atoms with Crippen molar-refractivity contribution in [3.8, 4) is 11.3 Å². The summed E-state index contributed by atoms with van der Waals surface area (Å²) in [6.45, 7) is 0. The first kappa shape index (κ1) is 15.0. The molecule has 2 aromatic heterocycles. The maximum atomic E-state index is 12.1. The molecule has 2 heterocycles. The predicted octanol–water partition coefficient (Wildman–Crippen LogP) is 5.80. The summed E-state index contributed by atoms with van der Waals surface area (Å²) in [5, 5.41) is 6.59. The zero-order chi connectivity index (χ0) is 16.5. The van der Waals surface area contributed by atoms with Gasteiger partial charge in [-0.25, -0.2) is 0 Å². The molecule has 2 N–H and O–H groups in total. The number of H-pyrrole nitrogens is 1. The van der Waals surface area contributed by atoms with Gasteiger partial charge in [-0.3, -0.25) is 4.79 Å². The lowest BCUT2D eigenvalue weighted by molar-refractivity contribution is 0.103. The molecule has 0 unspecified atom stereocenters. The van der Waals surface area contributed by atoms with Crippen LogP contribution >= 0.6 is 22.9 Å². The number of nitrogens with one attached hydrogen (secondary N) is 2. The second kappa shape index (κ2) is 6.15. The monoisotopic (exact) mass is 352 g/mol. The summed E-state index contributed by atoms with van der Waals surface area (Å²) in [5.41, 5.74) is 3.89. The Morgan fingerprint density at radius 1 is 1.04 bits per heavy atom. The summed E-state index contributed by atoms with van der Waals surface area (Å²) in [5.74, 6) is -0.0852. The lowest BCUT2D eigenvalue weighted by atomic mass is 10.1. The van der Waals surface area contributed by atoms with Gasteiger partial charge in [0, 0.05) is 27.3 Å². The number of hydrogen-bond donors (Lipinski definition) is 2. The average Bonchev–Trinajstić information content (AvgIpc) is 3.24. The van der Waals surface area contributed by atoms with Gasteiger partial charge in [-0.2, -0.15) is 0 Å². The summed E-state index contributed by atoms with van der Waals surface area (Å²) in [7, 11) is 0. The van der Waals surface area contributed by atoms with Gasteiger partial charge in [0.1, 0.15) is 0 Å². The molecular formula is C19H13ClN2OS. The lowest BCUT2D eigenvalue weighted by Gasteiger charge is -2.05. The molecule has 3 nitrogen and oxygen atoms in total. The van der Waals surface area contributed by atoms with Crippen LogP contribution in [0.25, 0.3) is 22.2 Å². The van der Waals surface area contributed by atoms with E-state index in [9.17, 15) is 4.79 Å². The largest absolute Gasteiger partial charge is 0.355 e. The van der Waals surface area contributed by atoms with E-state index in [0.29, 0.717) is 4.88 Å². The molecule has 0 radical (unpaired) electrons. The van der Waals surface area contributed by atoms with Gasteiger partial charge in [0.2, 0.25) is 0 Å². The van der Waals surface area contributed by atoms with Crippen LogP contribution in [-0.4, -0.2) is 10.9 Å². The molecule has 0 aliphatic carbocycles. The molecule has 0 bridgehead atoms. The van der Waals surface area contributed by atoms with E-state index in [-0.39, 0.29) is 5.91 Å². The minimum absolute atomic E-state index is 0.0852. The van der Waals surface area contributed by atoms with Gasteiger partial charge in [-0.1, -0.05) is 29.8 Å². The predicted molar refractivity (Wildman–Crippen MR) is 101 cm³/mol. The fraction of sp³-hybridized carbons (Fsp3) is 0. The maximum Gasteiger partial charge on any atom is 0.265 e. The number of aromatic amines is 1. The molecule has 4 aromatic rings. The third kappa shape index (κ3) is 2.94. The fourth-order valence-electron chi connectivity index (χ4n) is 2.59. The third-order valence-corrected chi connectivity index (χ3v) is 4.89. The second-order valence-electron chi connectivity index (χ2n) is 5.42. The summed E-state index contributed by atoms with van der Waals surface area (Å²) < 4.78 is 0. The summed E-state index contributed by atoms with van der Waals surface area (Å²) in [4.78, 5) is 16.1. The molecule has 0 aliphatic rings. The molecule has 0 saturated carbocycles. The minimum atomic E-state index is -0.0852.